The maximum atomic E-state index is 11.7. The summed E-state index contributed by atoms with van der Waals surface area (Å²) in [6.07, 6.45) is 0.925. The summed E-state index contributed by atoms with van der Waals surface area (Å²) in [5.74, 6) is -0.648. The molecule has 0 aliphatic rings. The molecule has 1 aromatic rings. The maximum absolute atomic E-state index is 11.7. The van der Waals surface area contributed by atoms with Gasteiger partial charge in [-0.05, 0) is 17.9 Å². The summed E-state index contributed by atoms with van der Waals surface area (Å²) in [4.78, 5) is 23.3. The van der Waals surface area contributed by atoms with Gasteiger partial charge in [0.1, 0.15) is 0 Å². The Hall–Kier alpha value is -1.64. The van der Waals surface area contributed by atoms with Crippen molar-refractivity contribution in [3.63, 3.8) is 0 Å². The molecular weight excluding hydrogens is 214 g/mol. The zero-order valence-electron chi connectivity index (χ0n) is 10.6. The number of aryl methyl sites for hydroxylation is 1. The van der Waals surface area contributed by atoms with Gasteiger partial charge in [0.2, 0.25) is 5.78 Å². The highest BCUT2D eigenvalue weighted by atomic mass is 16.2. The monoisotopic (exact) mass is 233 g/mol. The van der Waals surface area contributed by atoms with Gasteiger partial charge in [0.05, 0.1) is 0 Å². The number of hydrogen-bond acceptors (Lipinski definition) is 2. The third-order valence-corrected chi connectivity index (χ3v) is 2.50. The van der Waals surface area contributed by atoms with Crippen LogP contribution in [-0.4, -0.2) is 18.2 Å². The lowest BCUT2D eigenvalue weighted by molar-refractivity contribution is -0.117. The lowest BCUT2D eigenvalue weighted by Gasteiger charge is -2.07. The van der Waals surface area contributed by atoms with Crippen molar-refractivity contribution in [2.45, 2.75) is 27.2 Å². The van der Waals surface area contributed by atoms with E-state index in [1.54, 1.807) is 12.1 Å². The molecule has 1 amide bonds. The normalized spacial score (nSPS) is 10.4. The van der Waals surface area contributed by atoms with E-state index in [1.165, 1.54) is 0 Å². The summed E-state index contributed by atoms with van der Waals surface area (Å²) in [6, 6.07) is 7.16. The van der Waals surface area contributed by atoms with Crippen LogP contribution in [0.25, 0.3) is 0 Å². The topological polar surface area (TPSA) is 46.2 Å². The molecule has 0 unspecified atom stereocenters. The average Bonchev–Trinajstić information content (AvgIpc) is 2.35. The SMILES string of the molecule is CCc1ccc(C(=O)C(=O)NCC(C)C)cc1. The lowest BCUT2D eigenvalue weighted by atomic mass is 10.1. The first-order chi connectivity index (χ1) is 8.04. The van der Waals surface area contributed by atoms with Crippen molar-refractivity contribution >= 4 is 11.7 Å². The van der Waals surface area contributed by atoms with Gasteiger partial charge in [-0.25, -0.2) is 0 Å². The molecule has 0 aliphatic heterocycles. The quantitative estimate of drug-likeness (QED) is 0.626. The first-order valence-electron chi connectivity index (χ1n) is 5.96. The van der Waals surface area contributed by atoms with Crippen molar-refractivity contribution in [2.24, 2.45) is 5.92 Å². The molecule has 0 saturated heterocycles. The Bertz CT molecular complexity index is 393. The standard InChI is InChI=1S/C14H19NO2/c1-4-11-5-7-12(8-6-11)13(16)14(17)15-9-10(2)3/h5-8,10H,4,9H2,1-3H3,(H,15,17). The van der Waals surface area contributed by atoms with Gasteiger partial charge in [-0.2, -0.15) is 0 Å². The van der Waals surface area contributed by atoms with Crippen molar-refractivity contribution in [1.82, 2.24) is 5.32 Å². The summed E-state index contributed by atoms with van der Waals surface area (Å²) < 4.78 is 0. The summed E-state index contributed by atoms with van der Waals surface area (Å²) in [6.45, 7) is 6.55. The number of Topliss-reactive ketones (excluding diaryl/α,β-unsaturated/α-hetero) is 1. The summed E-state index contributed by atoms with van der Waals surface area (Å²) >= 11 is 0. The minimum Gasteiger partial charge on any atom is -0.349 e. The fraction of sp³-hybridized carbons (Fsp3) is 0.429. The number of amides is 1. The number of hydrogen-bond donors (Lipinski definition) is 1. The van der Waals surface area contributed by atoms with Gasteiger partial charge in [-0.1, -0.05) is 45.0 Å². The molecule has 3 nitrogen and oxygen atoms in total. The van der Waals surface area contributed by atoms with Gasteiger partial charge >= 0.3 is 0 Å². The van der Waals surface area contributed by atoms with Crippen molar-refractivity contribution < 1.29 is 9.59 Å². The van der Waals surface area contributed by atoms with Gasteiger partial charge in [-0.15, -0.1) is 0 Å². The Labute approximate surface area is 102 Å². The molecule has 0 heterocycles. The van der Waals surface area contributed by atoms with Crippen LogP contribution in [0.4, 0.5) is 0 Å². The molecule has 3 heteroatoms. The molecule has 0 saturated carbocycles. The first-order valence-corrected chi connectivity index (χ1v) is 5.96. The fourth-order valence-electron chi connectivity index (χ4n) is 1.40. The molecule has 0 aliphatic carbocycles. The van der Waals surface area contributed by atoms with Crippen LogP contribution in [0.1, 0.15) is 36.7 Å². The van der Waals surface area contributed by atoms with Crippen LogP contribution in [0, 0.1) is 5.92 Å². The molecule has 1 rings (SSSR count). The molecule has 17 heavy (non-hydrogen) atoms. The highest BCUT2D eigenvalue weighted by molar-refractivity contribution is 6.42. The zero-order valence-corrected chi connectivity index (χ0v) is 10.6. The second kappa shape index (κ2) is 6.18. The third-order valence-electron chi connectivity index (χ3n) is 2.50. The van der Waals surface area contributed by atoms with E-state index in [9.17, 15) is 9.59 Å². The smallest absolute Gasteiger partial charge is 0.292 e. The molecule has 0 fully saturated rings. The second-order valence-electron chi connectivity index (χ2n) is 4.48. The van der Waals surface area contributed by atoms with Crippen LogP contribution in [0.15, 0.2) is 24.3 Å². The van der Waals surface area contributed by atoms with Crippen LogP contribution in [-0.2, 0) is 11.2 Å². The molecule has 0 radical (unpaired) electrons. The predicted molar refractivity (Wildman–Crippen MR) is 68.0 cm³/mol. The van der Waals surface area contributed by atoms with E-state index in [0.717, 1.165) is 12.0 Å². The number of carbonyl (C=O) groups excluding carboxylic acids is 2. The predicted octanol–water partition coefficient (Wildman–Crippen LogP) is 2.20. The van der Waals surface area contributed by atoms with E-state index in [0.29, 0.717) is 18.0 Å². The summed E-state index contributed by atoms with van der Waals surface area (Å²) in [5.41, 5.74) is 1.60. The number of ketones is 1. The van der Waals surface area contributed by atoms with Crippen molar-refractivity contribution in [3.05, 3.63) is 35.4 Å². The molecule has 1 N–H and O–H groups in total. The van der Waals surface area contributed by atoms with Gasteiger partial charge in [0.15, 0.2) is 0 Å². The van der Waals surface area contributed by atoms with Gasteiger partial charge < -0.3 is 5.32 Å². The fourth-order valence-corrected chi connectivity index (χ4v) is 1.40. The minimum absolute atomic E-state index is 0.342. The van der Waals surface area contributed by atoms with Crippen molar-refractivity contribution in [1.29, 1.82) is 0 Å². The van der Waals surface area contributed by atoms with Crippen LogP contribution in [0.3, 0.4) is 0 Å². The van der Waals surface area contributed by atoms with Gasteiger partial charge in [0, 0.05) is 12.1 Å². The van der Waals surface area contributed by atoms with Crippen LogP contribution < -0.4 is 5.32 Å². The van der Waals surface area contributed by atoms with E-state index in [1.807, 2.05) is 32.9 Å². The highest BCUT2D eigenvalue weighted by Gasteiger charge is 2.15. The Kier molecular flexibility index (Phi) is 4.88. The van der Waals surface area contributed by atoms with E-state index in [4.69, 9.17) is 0 Å². The Balaban J connectivity index is 2.65. The van der Waals surface area contributed by atoms with E-state index in [-0.39, 0.29) is 0 Å². The van der Waals surface area contributed by atoms with Crippen LogP contribution in [0.5, 0.6) is 0 Å². The largest absolute Gasteiger partial charge is 0.349 e. The average molecular weight is 233 g/mol. The number of rotatable bonds is 5. The lowest BCUT2D eigenvalue weighted by Crippen LogP contribution is -2.33. The van der Waals surface area contributed by atoms with Crippen molar-refractivity contribution in [3.8, 4) is 0 Å². The number of carbonyl (C=O) groups is 2. The molecule has 0 atom stereocenters. The van der Waals surface area contributed by atoms with Crippen LogP contribution >= 0.6 is 0 Å². The van der Waals surface area contributed by atoms with Gasteiger partial charge in [0.25, 0.3) is 5.91 Å². The summed E-state index contributed by atoms with van der Waals surface area (Å²) in [7, 11) is 0. The molecule has 92 valence electrons. The minimum atomic E-state index is -0.525. The summed E-state index contributed by atoms with van der Waals surface area (Å²) in [5, 5.41) is 2.62. The first kappa shape index (κ1) is 13.4. The molecule has 1 aromatic carbocycles. The third kappa shape index (κ3) is 4.02. The maximum Gasteiger partial charge on any atom is 0.292 e. The van der Waals surface area contributed by atoms with Crippen LogP contribution in [0.2, 0.25) is 0 Å². The Morgan fingerprint density at radius 1 is 1.18 bits per heavy atom. The number of benzene rings is 1. The molecular formula is C14H19NO2. The Morgan fingerprint density at radius 2 is 1.76 bits per heavy atom. The highest BCUT2D eigenvalue weighted by Crippen LogP contribution is 2.06. The van der Waals surface area contributed by atoms with Gasteiger partial charge in [-0.3, -0.25) is 9.59 Å². The second-order valence-corrected chi connectivity index (χ2v) is 4.48. The molecule has 0 aromatic heterocycles. The Morgan fingerprint density at radius 3 is 2.24 bits per heavy atom. The van der Waals surface area contributed by atoms with E-state index < -0.39 is 11.7 Å². The molecule has 0 spiro atoms. The van der Waals surface area contributed by atoms with E-state index >= 15 is 0 Å². The zero-order chi connectivity index (χ0) is 12.8. The van der Waals surface area contributed by atoms with E-state index in [2.05, 4.69) is 5.32 Å². The molecule has 0 bridgehead atoms. The number of nitrogens with one attached hydrogen (secondary N) is 1. The van der Waals surface area contributed by atoms with Crippen molar-refractivity contribution in [2.75, 3.05) is 6.54 Å².